The summed E-state index contributed by atoms with van der Waals surface area (Å²) < 4.78 is 34.1. The molecule has 0 aliphatic carbocycles. The zero-order valence-electron chi connectivity index (χ0n) is 47.4. The third-order valence-corrected chi connectivity index (χ3v) is 14.3. The Bertz CT molecular complexity index is 1300. The molecule has 418 valence electrons. The highest BCUT2D eigenvalue weighted by molar-refractivity contribution is 7.45. The number of hydrogen-bond acceptors (Lipinski definition) is 8. The molecule has 10 heteroatoms. The van der Waals surface area contributed by atoms with Crippen molar-refractivity contribution in [2.75, 3.05) is 47.5 Å². The number of likely N-dealkylation sites (N-methyl/N-ethyl adjacent to an activating group) is 1. The maximum atomic E-state index is 12.7. The molecule has 0 saturated carbocycles. The van der Waals surface area contributed by atoms with E-state index in [4.69, 9.17) is 18.5 Å². The highest BCUT2D eigenvalue weighted by atomic mass is 31.2. The van der Waals surface area contributed by atoms with Crippen LogP contribution in [-0.2, 0) is 32.7 Å². The maximum absolute atomic E-state index is 12.7. The number of quaternary nitrogens is 1. The minimum atomic E-state index is -4.63. The number of phosphoric acid groups is 1. The molecule has 0 heterocycles. The van der Waals surface area contributed by atoms with Crippen molar-refractivity contribution in [3.8, 4) is 0 Å². The molecular formula is C61H116NO8P. The van der Waals surface area contributed by atoms with Gasteiger partial charge in [0.1, 0.15) is 19.8 Å². The van der Waals surface area contributed by atoms with Gasteiger partial charge in [0, 0.05) is 12.8 Å². The number of phosphoric ester groups is 1. The molecule has 0 rings (SSSR count). The van der Waals surface area contributed by atoms with Crippen molar-refractivity contribution in [2.45, 2.75) is 296 Å². The molecule has 0 amide bonds. The van der Waals surface area contributed by atoms with Crippen molar-refractivity contribution >= 4 is 19.8 Å². The second-order valence-electron chi connectivity index (χ2n) is 21.7. The SMILES string of the molecule is CCCC/C=C\C/C=C\CCCCCCCC(=O)OC(COC(=O)CCCCCCCCCCCCCCCCCCCCCCC/C=C\CCCCCCCCCC)COP(=O)([O-])OCC[N+](C)(C)C. The molecule has 9 nitrogen and oxygen atoms in total. The Labute approximate surface area is 440 Å². The average molecular weight is 1020 g/mol. The summed E-state index contributed by atoms with van der Waals surface area (Å²) in [5.41, 5.74) is 0. The Morgan fingerprint density at radius 2 is 0.775 bits per heavy atom. The second-order valence-corrected chi connectivity index (χ2v) is 23.1. The van der Waals surface area contributed by atoms with Gasteiger partial charge >= 0.3 is 11.9 Å². The molecule has 0 saturated heterocycles. The van der Waals surface area contributed by atoms with Gasteiger partial charge in [-0.1, -0.05) is 249 Å². The largest absolute Gasteiger partial charge is 0.756 e. The lowest BCUT2D eigenvalue weighted by Gasteiger charge is -2.28. The first-order chi connectivity index (χ1) is 34.5. The molecule has 2 unspecified atom stereocenters. The predicted molar refractivity (Wildman–Crippen MR) is 301 cm³/mol. The van der Waals surface area contributed by atoms with Crippen LogP contribution in [0.15, 0.2) is 36.5 Å². The minimum Gasteiger partial charge on any atom is -0.756 e. The number of esters is 2. The van der Waals surface area contributed by atoms with E-state index in [0.717, 1.165) is 64.2 Å². The fraction of sp³-hybridized carbons (Fsp3) is 0.869. The Hall–Kier alpha value is -1.77. The summed E-state index contributed by atoms with van der Waals surface area (Å²) in [5.74, 6) is -0.838. The van der Waals surface area contributed by atoms with Crippen LogP contribution in [0, 0.1) is 0 Å². The fourth-order valence-corrected chi connectivity index (χ4v) is 9.40. The summed E-state index contributed by atoms with van der Waals surface area (Å²) in [7, 11) is 1.17. The average Bonchev–Trinajstić information content (AvgIpc) is 3.33. The van der Waals surface area contributed by atoms with Gasteiger partial charge in [-0.3, -0.25) is 14.2 Å². The first kappa shape index (κ1) is 69.2. The van der Waals surface area contributed by atoms with Gasteiger partial charge in [0.25, 0.3) is 7.82 Å². The van der Waals surface area contributed by atoms with Gasteiger partial charge in [-0.05, 0) is 64.2 Å². The Kier molecular flexibility index (Phi) is 51.7. The van der Waals surface area contributed by atoms with E-state index in [0.29, 0.717) is 17.4 Å². The molecule has 0 fully saturated rings. The number of allylic oxidation sites excluding steroid dienone is 6. The number of unbranched alkanes of at least 4 members (excludes halogenated alkanes) is 36. The smallest absolute Gasteiger partial charge is 0.306 e. The first-order valence-electron chi connectivity index (χ1n) is 30.2. The monoisotopic (exact) mass is 1020 g/mol. The third-order valence-electron chi connectivity index (χ3n) is 13.4. The van der Waals surface area contributed by atoms with Gasteiger partial charge in [-0.25, -0.2) is 0 Å². The highest BCUT2D eigenvalue weighted by Gasteiger charge is 2.22. The third kappa shape index (κ3) is 57.4. The number of hydrogen-bond donors (Lipinski definition) is 0. The topological polar surface area (TPSA) is 111 Å². The van der Waals surface area contributed by atoms with Crippen LogP contribution in [0.4, 0.5) is 0 Å². The Morgan fingerprint density at radius 1 is 0.437 bits per heavy atom. The second kappa shape index (κ2) is 53.1. The van der Waals surface area contributed by atoms with Crippen LogP contribution in [0.5, 0.6) is 0 Å². The summed E-state index contributed by atoms with van der Waals surface area (Å²) in [5, 5.41) is 0. The summed E-state index contributed by atoms with van der Waals surface area (Å²) >= 11 is 0. The molecule has 0 spiro atoms. The van der Waals surface area contributed by atoms with E-state index in [-0.39, 0.29) is 32.0 Å². The van der Waals surface area contributed by atoms with E-state index in [9.17, 15) is 19.0 Å². The van der Waals surface area contributed by atoms with Crippen LogP contribution in [0.3, 0.4) is 0 Å². The molecule has 0 aromatic heterocycles. The number of nitrogens with zero attached hydrogens (tertiary/aromatic N) is 1. The summed E-state index contributed by atoms with van der Waals surface area (Å²) in [6.07, 6.45) is 65.1. The lowest BCUT2D eigenvalue weighted by Crippen LogP contribution is -2.37. The molecule has 0 aromatic carbocycles. The summed E-state index contributed by atoms with van der Waals surface area (Å²) in [6.45, 7) is 4.21. The zero-order valence-corrected chi connectivity index (χ0v) is 48.3. The number of carbonyl (C=O) groups excluding carboxylic acids is 2. The van der Waals surface area contributed by atoms with Crippen LogP contribution < -0.4 is 4.89 Å². The van der Waals surface area contributed by atoms with Gasteiger partial charge in [0.15, 0.2) is 6.10 Å². The molecule has 0 aliphatic heterocycles. The van der Waals surface area contributed by atoms with E-state index in [1.165, 1.54) is 193 Å². The molecule has 0 aliphatic rings. The van der Waals surface area contributed by atoms with Gasteiger partial charge in [-0.2, -0.15) is 0 Å². The molecule has 0 N–H and O–H groups in total. The standard InChI is InChI=1S/C61H116NO8P/c1-6-8-10-12-14-16-18-20-22-23-24-25-26-27-28-29-30-31-32-33-34-35-36-37-38-39-40-42-43-45-47-49-51-53-60(63)67-57-59(58-69-71(65,66)68-56-55-62(3,4)5)70-61(64)54-52-50-48-46-44-41-21-19-17-15-13-11-9-7-2/h13,15,19,21,23-24,59H,6-12,14,16-18,20,22,25-58H2,1-5H3/b15-13-,21-19-,24-23-. The normalized spacial score (nSPS) is 13.5. The first-order valence-corrected chi connectivity index (χ1v) is 31.7. The molecule has 0 aromatic rings. The maximum Gasteiger partial charge on any atom is 0.306 e. The highest BCUT2D eigenvalue weighted by Crippen LogP contribution is 2.38. The van der Waals surface area contributed by atoms with Crippen LogP contribution in [0.25, 0.3) is 0 Å². The minimum absolute atomic E-state index is 0.0324. The lowest BCUT2D eigenvalue weighted by molar-refractivity contribution is -0.870. The van der Waals surface area contributed by atoms with Crippen LogP contribution in [0.1, 0.15) is 290 Å². The van der Waals surface area contributed by atoms with Crippen molar-refractivity contribution < 1.29 is 42.1 Å². The van der Waals surface area contributed by atoms with E-state index in [1.807, 2.05) is 21.1 Å². The van der Waals surface area contributed by atoms with Crippen LogP contribution in [-0.4, -0.2) is 70.0 Å². The van der Waals surface area contributed by atoms with Crippen molar-refractivity contribution in [2.24, 2.45) is 0 Å². The zero-order chi connectivity index (χ0) is 52.0. The van der Waals surface area contributed by atoms with E-state index in [1.54, 1.807) is 0 Å². The number of carbonyl (C=O) groups is 2. The van der Waals surface area contributed by atoms with E-state index >= 15 is 0 Å². The molecule has 0 bridgehead atoms. The molecule has 71 heavy (non-hydrogen) atoms. The van der Waals surface area contributed by atoms with Crippen LogP contribution >= 0.6 is 7.82 Å². The quantitative estimate of drug-likeness (QED) is 0.0195. The number of ether oxygens (including phenoxy) is 2. The summed E-state index contributed by atoms with van der Waals surface area (Å²) in [4.78, 5) is 37.8. The van der Waals surface area contributed by atoms with E-state index < -0.39 is 26.5 Å². The molecule has 2 atom stereocenters. The van der Waals surface area contributed by atoms with E-state index in [2.05, 4.69) is 50.3 Å². The van der Waals surface area contributed by atoms with Gasteiger partial charge in [0.2, 0.25) is 0 Å². The van der Waals surface area contributed by atoms with Gasteiger partial charge in [0.05, 0.1) is 27.7 Å². The van der Waals surface area contributed by atoms with Crippen molar-refractivity contribution in [1.82, 2.24) is 0 Å². The Balaban J connectivity index is 3.96. The van der Waals surface area contributed by atoms with Crippen molar-refractivity contribution in [3.63, 3.8) is 0 Å². The summed E-state index contributed by atoms with van der Waals surface area (Å²) in [6, 6.07) is 0. The van der Waals surface area contributed by atoms with Gasteiger partial charge < -0.3 is 27.9 Å². The number of rotatable bonds is 56. The predicted octanol–water partition coefficient (Wildman–Crippen LogP) is 18.1. The van der Waals surface area contributed by atoms with Crippen LogP contribution in [0.2, 0.25) is 0 Å². The fourth-order valence-electron chi connectivity index (χ4n) is 8.67. The lowest BCUT2D eigenvalue weighted by atomic mass is 10.0. The van der Waals surface area contributed by atoms with Crippen molar-refractivity contribution in [1.29, 1.82) is 0 Å². The van der Waals surface area contributed by atoms with Gasteiger partial charge in [-0.15, -0.1) is 0 Å². The van der Waals surface area contributed by atoms with Crippen molar-refractivity contribution in [3.05, 3.63) is 36.5 Å². The molecular weight excluding hydrogens is 906 g/mol. The Morgan fingerprint density at radius 3 is 1.17 bits per heavy atom. The molecule has 0 radical (unpaired) electrons.